The predicted octanol–water partition coefficient (Wildman–Crippen LogP) is -2.54. The molecule has 4 rings (SSSR count). The molecule has 0 aromatic heterocycles. The smallest absolute Gasteiger partial charge is 0.305 e. The van der Waals surface area contributed by atoms with Crippen LogP contribution in [0.2, 0.25) is 0 Å². The van der Waals surface area contributed by atoms with E-state index in [1.807, 2.05) is 0 Å². The standard InChI is InChI=1S/C51H75N13O13/c1-28(2)23-35-45(72)57-29(3)43(70)62-38(25-31-14-18-33(66)19-15-31)49(76)64-22-8-11-40(64)50(77)63(4)39(10-5-6-20-52)48(75)61-36(24-30-12-16-32(65)17-13-30)46(73)59-34(9-7-21-55-51(53)54)44(71)56-27-41(67)58-37(26-42(68)69)47(74)60-35/h12-19,28-29,34-40,65-66H,5-11,20-27,52H2,1-4H3,(H,56,71)(H,57,72)(H,58,67)(H,59,73)(H,60,74)(H,61,75)(H,62,70)(H,68,69)(H4,53,54,55)/t29-,34-,35-,36-,37-,38-,39-,40+/m0/s1. The molecule has 2 aromatic carbocycles. The van der Waals surface area contributed by atoms with E-state index in [0.717, 1.165) is 0 Å². The van der Waals surface area contributed by atoms with Gasteiger partial charge in [-0.1, -0.05) is 38.1 Å². The first-order valence-corrected chi connectivity index (χ1v) is 25.7. The van der Waals surface area contributed by atoms with Gasteiger partial charge in [-0.25, -0.2) is 0 Å². The van der Waals surface area contributed by atoms with Crippen molar-refractivity contribution in [3.8, 4) is 11.5 Å². The first-order chi connectivity index (χ1) is 36.5. The first kappa shape index (κ1) is 61.5. The lowest BCUT2D eigenvalue weighted by Crippen LogP contribution is -2.60. The van der Waals surface area contributed by atoms with E-state index in [0.29, 0.717) is 30.4 Å². The number of guanidine groups is 1. The third-order valence-corrected chi connectivity index (χ3v) is 13.0. The van der Waals surface area contributed by atoms with Gasteiger partial charge in [0, 0.05) is 33.0 Å². The van der Waals surface area contributed by atoms with E-state index in [-0.39, 0.29) is 88.0 Å². The Morgan fingerprint density at radius 1 is 0.675 bits per heavy atom. The topological polar surface area (TPSA) is 412 Å². The maximum atomic E-state index is 14.8. The lowest BCUT2D eigenvalue weighted by Gasteiger charge is -2.35. The number of carboxylic acid groups (broad SMARTS) is 1. The molecule has 26 heteroatoms. The summed E-state index contributed by atoms with van der Waals surface area (Å²) in [5, 5.41) is 47.6. The summed E-state index contributed by atoms with van der Waals surface area (Å²) in [6.07, 6.45) is 0.102. The van der Waals surface area contributed by atoms with E-state index >= 15 is 0 Å². The number of fused-ring (bicyclic) bond motifs is 1. The Hall–Kier alpha value is -8.03. The molecule has 16 N–H and O–H groups in total. The Morgan fingerprint density at radius 3 is 1.82 bits per heavy atom. The Labute approximate surface area is 446 Å². The summed E-state index contributed by atoms with van der Waals surface area (Å²) in [4.78, 5) is 146. The number of aliphatic carboxylic acids is 1. The van der Waals surface area contributed by atoms with Gasteiger partial charge in [0.15, 0.2) is 5.96 Å². The fraction of sp³-hybridized carbons (Fsp3) is 0.549. The Kier molecular flexibility index (Phi) is 23.9. The number of rotatable bonds is 16. The highest BCUT2D eigenvalue weighted by molar-refractivity contribution is 5.99. The van der Waals surface area contributed by atoms with E-state index in [1.54, 1.807) is 26.0 Å². The molecule has 2 saturated heterocycles. The van der Waals surface area contributed by atoms with Crippen LogP contribution < -0.4 is 54.4 Å². The number of nitrogens with two attached hydrogens (primary N) is 3. The summed E-state index contributed by atoms with van der Waals surface area (Å²) >= 11 is 0. The molecule has 0 spiro atoms. The molecule has 2 heterocycles. The van der Waals surface area contributed by atoms with E-state index in [9.17, 15) is 63.3 Å². The monoisotopic (exact) mass is 1080 g/mol. The molecule has 0 unspecified atom stereocenters. The van der Waals surface area contributed by atoms with Crippen LogP contribution in [0.3, 0.4) is 0 Å². The van der Waals surface area contributed by atoms with E-state index < -0.39 is 120 Å². The van der Waals surface area contributed by atoms with Crippen LogP contribution >= 0.6 is 0 Å². The molecular weight excluding hydrogens is 1000 g/mol. The highest BCUT2D eigenvalue weighted by atomic mass is 16.4. The number of unbranched alkanes of at least 4 members (excludes halogenated alkanes) is 1. The van der Waals surface area contributed by atoms with Gasteiger partial charge < -0.3 is 79.5 Å². The number of carboxylic acids is 1. The van der Waals surface area contributed by atoms with Crippen molar-refractivity contribution in [1.82, 2.24) is 47.0 Å². The fourth-order valence-corrected chi connectivity index (χ4v) is 8.89. The number of nitrogens with one attached hydrogen (secondary N) is 7. The van der Waals surface area contributed by atoms with Gasteiger partial charge in [0.1, 0.15) is 59.8 Å². The average molecular weight is 1080 g/mol. The number of carbonyl (C=O) groups is 10. The van der Waals surface area contributed by atoms with Crippen LogP contribution in [-0.2, 0) is 60.8 Å². The van der Waals surface area contributed by atoms with Gasteiger partial charge in [-0.3, -0.25) is 52.9 Å². The van der Waals surface area contributed by atoms with Crippen molar-refractivity contribution < 1.29 is 63.3 Å². The van der Waals surface area contributed by atoms with Crippen LogP contribution in [0.15, 0.2) is 53.5 Å². The van der Waals surface area contributed by atoms with Gasteiger partial charge in [-0.05, 0) is 106 Å². The Morgan fingerprint density at radius 2 is 1.23 bits per heavy atom. The van der Waals surface area contributed by atoms with Gasteiger partial charge in [0.05, 0.1) is 13.0 Å². The van der Waals surface area contributed by atoms with Crippen molar-refractivity contribution in [1.29, 1.82) is 0 Å². The summed E-state index contributed by atoms with van der Waals surface area (Å²) < 4.78 is 0. The van der Waals surface area contributed by atoms with Gasteiger partial charge >= 0.3 is 5.97 Å². The highest BCUT2D eigenvalue weighted by Crippen LogP contribution is 2.24. The minimum absolute atomic E-state index is 0.0115. The van der Waals surface area contributed by atoms with Crippen LogP contribution in [0.4, 0.5) is 0 Å². The molecule has 422 valence electrons. The van der Waals surface area contributed by atoms with Crippen molar-refractivity contribution in [3.63, 3.8) is 0 Å². The number of aliphatic imine (C=N–C) groups is 1. The third kappa shape index (κ3) is 19.6. The fourth-order valence-electron chi connectivity index (χ4n) is 8.89. The number of phenols is 2. The molecule has 9 amide bonds. The average Bonchev–Trinajstić information content (AvgIpc) is 3.87. The zero-order valence-electron chi connectivity index (χ0n) is 43.9. The Bertz CT molecular complexity index is 2440. The van der Waals surface area contributed by atoms with E-state index in [4.69, 9.17) is 17.2 Å². The van der Waals surface area contributed by atoms with Crippen molar-refractivity contribution in [2.45, 2.75) is 140 Å². The maximum absolute atomic E-state index is 14.8. The van der Waals surface area contributed by atoms with Crippen molar-refractivity contribution in [3.05, 3.63) is 59.7 Å². The SMILES string of the molecule is CC(C)C[C@@H]1NC(=O)[C@H](CC(=O)O)NC(=O)CNC(=O)[C@H](CCCN=C(N)N)NC(=O)[C@H](Cc2ccc(O)cc2)NC(=O)[C@H](CCCCN)N(C)C(=O)[C@H]2CCCN2C(=O)[C@H](Cc2ccc(O)cc2)NC(=O)[C@H](C)NC1=O. The second-order valence-corrected chi connectivity index (χ2v) is 19.7. The molecule has 0 radical (unpaired) electrons. The summed E-state index contributed by atoms with van der Waals surface area (Å²) in [6, 6.07) is 0.531. The van der Waals surface area contributed by atoms with Crippen molar-refractivity contribution in [2.24, 2.45) is 28.1 Å². The summed E-state index contributed by atoms with van der Waals surface area (Å²) in [7, 11) is 1.40. The normalized spacial score (nSPS) is 24.1. The minimum atomic E-state index is -1.78. The van der Waals surface area contributed by atoms with Crippen molar-refractivity contribution >= 4 is 65.1 Å². The molecule has 26 nitrogen and oxygen atoms in total. The largest absolute Gasteiger partial charge is 0.508 e. The zero-order chi connectivity index (χ0) is 56.9. The number of hydrogen-bond donors (Lipinski definition) is 13. The van der Waals surface area contributed by atoms with Gasteiger partial charge in [0.2, 0.25) is 53.2 Å². The number of phenolic OH excluding ortho intramolecular Hbond substituents is 2. The molecule has 0 aliphatic carbocycles. The quantitative estimate of drug-likeness (QED) is 0.0468. The second-order valence-electron chi connectivity index (χ2n) is 19.7. The summed E-state index contributed by atoms with van der Waals surface area (Å²) in [5.41, 5.74) is 17.8. The zero-order valence-corrected chi connectivity index (χ0v) is 43.9. The first-order valence-electron chi connectivity index (χ1n) is 25.7. The molecular formula is C51H75N13O13. The third-order valence-electron chi connectivity index (χ3n) is 13.0. The van der Waals surface area contributed by atoms with E-state index in [2.05, 4.69) is 42.2 Å². The van der Waals surface area contributed by atoms with E-state index in [1.165, 1.54) is 60.2 Å². The number of hydrogen-bond acceptors (Lipinski definition) is 14. The minimum Gasteiger partial charge on any atom is -0.508 e. The summed E-state index contributed by atoms with van der Waals surface area (Å²) in [6.45, 7) is 4.32. The van der Waals surface area contributed by atoms with Crippen LogP contribution in [-0.4, -0.2) is 172 Å². The van der Waals surface area contributed by atoms with Crippen LogP contribution in [0, 0.1) is 5.92 Å². The molecule has 77 heavy (non-hydrogen) atoms. The molecule has 0 saturated carbocycles. The molecule has 0 bridgehead atoms. The highest BCUT2D eigenvalue weighted by Gasteiger charge is 2.42. The lowest BCUT2D eigenvalue weighted by molar-refractivity contribution is -0.148. The predicted molar refractivity (Wildman–Crippen MR) is 280 cm³/mol. The molecule has 2 fully saturated rings. The van der Waals surface area contributed by atoms with Gasteiger partial charge in [-0.15, -0.1) is 0 Å². The number of amides is 9. The van der Waals surface area contributed by atoms with Gasteiger partial charge in [-0.2, -0.15) is 0 Å². The lowest BCUT2D eigenvalue weighted by atomic mass is 10.0. The van der Waals surface area contributed by atoms with Crippen LogP contribution in [0.1, 0.15) is 89.7 Å². The molecule has 2 aliphatic heterocycles. The Balaban J connectivity index is 1.83. The molecule has 2 aromatic rings. The van der Waals surface area contributed by atoms with Crippen LogP contribution in [0.25, 0.3) is 0 Å². The van der Waals surface area contributed by atoms with Crippen molar-refractivity contribution in [2.75, 3.05) is 33.2 Å². The number of benzene rings is 2. The number of likely N-dealkylation sites (N-methyl/N-ethyl adjacent to an activating group) is 1. The van der Waals surface area contributed by atoms with Crippen LogP contribution in [0.5, 0.6) is 11.5 Å². The number of carbonyl (C=O) groups excluding carboxylic acids is 9. The molecule has 8 atom stereocenters. The number of aromatic hydroxyl groups is 2. The number of nitrogens with zero attached hydrogens (tertiary/aromatic N) is 3. The summed E-state index contributed by atoms with van der Waals surface area (Å²) in [5.74, 6) is -9.84. The maximum Gasteiger partial charge on any atom is 0.305 e. The molecule has 2 aliphatic rings. The second kappa shape index (κ2) is 29.9. The van der Waals surface area contributed by atoms with Gasteiger partial charge in [0.25, 0.3) is 0 Å².